The normalized spacial score (nSPS) is 24.8. The Kier molecular flexibility index (Phi) is 7.42. The van der Waals surface area contributed by atoms with Crippen LogP contribution in [0.5, 0.6) is 5.19 Å². The second-order valence-corrected chi connectivity index (χ2v) is 10.2. The van der Waals surface area contributed by atoms with E-state index in [1.165, 1.54) is 15.8 Å². The standard InChI is InChI=1S/C20H22ClN5O6S2/c1-25(2)18(30)10-4-3-9(21)5-14(10)34-19-17(29)15(16(28)13(7-27)32-19)26-6-11(23-24-26)12-8-33-20(31)22-12/h3-6,8,13,15-17,19,27-29H,7H2,1-2H3,(H,22,31). The van der Waals surface area contributed by atoms with Gasteiger partial charge in [-0.2, -0.15) is 0 Å². The fourth-order valence-corrected chi connectivity index (χ4v) is 5.54. The van der Waals surface area contributed by atoms with Crippen LogP contribution in [0.1, 0.15) is 16.4 Å². The molecule has 3 aromatic rings. The number of rotatable bonds is 6. The predicted octanol–water partition coefficient (Wildman–Crippen LogP) is 1.23. The second kappa shape index (κ2) is 10.2. The quantitative estimate of drug-likeness (QED) is 0.368. The fraction of sp³-hybridized carbons (Fsp3) is 0.400. The van der Waals surface area contributed by atoms with Crippen LogP contribution in [0.2, 0.25) is 5.02 Å². The van der Waals surface area contributed by atoms with Gasteiger partial charge in [-0.25, -0.2) is 9.67 Å². The topological polar surface area (TPSA) is 154 Å². The van der Waals surface area contributed by atoms with Crippen molar-refractivity contribution in [1.29, 1.82) is 0 Å². The summed E-state index contributed by atoms with van der Waals surface area (Å²) in [4.78, 5) is 18.5. The molecule has 2 aromatic heterocycles. The number of halogens is 1. The smallest absolute Gasteiger partial charge is 0.271 e. The minimum atomic E-state index is -1.31. The van der Waals surface area contributed by atoms with E-state index in [1.807, 2.05) is 0 Å². The van der Waals surface area contributed by atoms with Crippen molar-refractivity contribution < 1.29 is 30.0 Å². The van der Waals surface area contributed by atoms with Gasteiger partial charge in [0.25, 0.3) is 11.1 Å². The maximum atomic E-state index is 12.6. The summed E-state index contributed by atoms with van der Waals surface area (Å²) >= 11 is 8.24. The Morgan fingerprint density at radius 3 is 2.71 bits per heavy atom. The molecule has 1 fully saturated rings. The van der Waals surface area contributed by atoms with Crippen molar-refractivity contribution in [2.24, 2.45) is 0 Å². The van der Waals surface area contributed by atoms with Crippen LogP contribution in [0.15, 0.2) is 34.7 Å². The molecule has 3 heterocycles. The average molecular weight is 528 g/mol. The molecule has 0 bridgehead atoms. The first-order valence-corrected chi connectivity index (χ1v) is 12.2. The Morgan fingerprint density at radius 2 is 2.06 bits per heavy atom. The van der Waals surface area contributed by atoms with Gasteiger partial charge in [0.15, 0.2) is 0 Å². The largest absolute Gasteiger partial charge is 0.486 e. The predicted molar refractivity (Wildman–Crippen MR) is 125 cm³/mol. The summed E-state index contributed by atoms with van der Waals surface area (Å²) in [5.74, 6) is -0.257. The molecule has 0 spiro atoms. The summed E-state index contributed by atoms with van der Waals surface area (Å²) in [6.45, 7) is -0.512. The van der Waals surface area contributed by atoms with Crippen molar-refractivity contribution in [1.82, 2.24) is 24.9 Å². The van der Waals surface area contributed by atoms with Crippen LogP contribution in [-0.4, -0.2) is 95.7 Å². The van der Waals surface area contributed by atoms with E-state index in [1.54, 1.807) is 37.7 Å². The number of carbonyl (C=O) groups excluding carboxylic acids is 1. The lowest BCUT2D eigenvalue weighted by Gasteiger charge is -2.41. The molecule has 11 nitrogen and oxygen atoms in total. The van der Waals surface area contributed by atoms with Gasteiger partial charge in [-0.1, -0.05) is 39.9 Å². The van der Waals surface area contributed by atoms with E-state index in [-0.39, 0.29) is 11.1 Å². The number of aromatic hydroxyl groups is 1. The van der Waals surface area contributed by atoms with Gasteiger partial charge in [0, 0.05) is 29.4 Å². The highest BCUT2D eigenvalue weighted by atomic mass is 35.5. The average Bonchev–Trinajstić information content (AvgIpc) is 3.44. The molecule has 34 heavy (non-hydrogen) atoms. The number of ether oxygens (including phenoxy) is 1. The number of aromatic nitrogens is 4. The number of hydrogen-bond acceptors (Lipinski definition) is 11. The first-order valence-electron chi connectivity index (χ1n) is 10.1. The fourth-order valence-electron chi connectivity index (χ4n) is 3.54. The molecule has 1 aliphatic rings. The minimum Gasteiger partial charge on any atom is -0.486 e. The Labute approximate surface area is 207 Å². The molecule has 14 heteroatoms. The van der Waals surface area contributed by atoms with Gasteiger partial charge in [0.2, 0.25) is 0 Å². The van der Waals surface area contributed by atoms with Crippen LogP contribution in [0.4, 0.5) is 0 Å². The van der Waals surface area contributed by atoms with E-state index in [0.29, 0.717) is 26.9 Å². The van der Waals surface area contributed by atoms with Crippen LogP contribution in [0.25, 0.3) is 11.4 Å². The number of nitrogens with zero attached hydrogens (tertiary/aromatic N) is 5. The summed E-state index contributed by atoms with van der Waals surface area (Å²) in [7, 11) is 3.24. The lowest BCUT2D eigenvalue weighted by atomic mass is 9.97. The van der Waals surface area contributed by atoms with Gasteiger partial charge >= 0.3 is 0 Å². The van der Waals surface area contributed by atoms with Crippen LogP contribution < -0.4 is 0 Å². The monoisotopic (exact) mass is 527 g/mol. The molecule has 4 rings (SSSR count). The number of thiazole rings is 1. The van der Waals surface area contributed by atoms with E-state index >= 15 is 0 Å². The zero-order valence-electron chi connectivity index (χ0n) is 18.0. The molecule has 0 radical (unpaired) electrons. The molecule has 182 valence electrons. The molecule has 0 saturated carbocycles. The minimum absolute atomic E-state index is 0.128. The van der Waals surface area contributed by atoms with Gasteiger partial charge < -0.3 is 30.1 Å². The molecular formula is C20H22ClN5O6S2. The molecule has 1 aliphatic heterocycles. The van der Waals surface area contributed by atoms with Crippen molar-refractivity contribution in [2.75, 3.05) is 20.7 Å². The Balaban J connectivity index is 1.65. The van der Waals surface area contributed by atoms with E-state index in [2.05, 4.69) is 15.3 Å². The number of amides is 1. The van der Waals surface area contributed by atoms with Crippen molar-refractivity contribution in [2.45, 2.75) is 34.7 Å². The highest BCUT2D eigenvalue weighted by Gasteiger charge is 2.46. The Morgan fingerprint density at radius 1 is 1.29 bits per heavy atom. The number of aliphatic hydroxyl groups is 3. The highest BCUT2D eigenvalue weighted by Crippen LogP contribution is 2.40. The first kappa shape index (κ1) is 24.9. The van der Waals surface area contributed by atoms with E-state index in [4.69, 9.17) is 16.3 Å². The molecule has 4 N–H and O–H groups in total. The summed E-state index contributed by atoms with van der Waals surface area (Å²) in [5.41, 5.74) is 0.111. The molecule has 1 amide bonds. The van der Waals surface area contributed by atoms with E-state index in [9.17, 15) is 25.2 Å². The van der Waals surface area contributed by atoms with Crippen LogP contribution in [0.3, 0.4) is 0 Å². The van der Waals surface area contributed by atoms with Crippen LogP contribution in [0, 0.1) is 0 Å². The second-order valence-electron chi connectivity index (χ2n) is 7.75. The first-order chi connectivity index (χ1) is 16.2. The van der Waals surface area contributed by atoms with Gasteiger partial charge in [0.05, 0.1) is 18.4 Å². The maximum absolute atomic E-state index is 12.6. The molecule has 1 aromatic carbocycles. The van der Waals surface area contributed by atoms with Gasteiger partial charge in [-0.05, 0) is 18.2 Å². The van der Waals surface area contributed by atoms with Crippen molar-refractivity contribution >= 4 is 40.6 Å². The molecular weight excluding hydrogens is 506 g/mol. The number of hydrogen-bond donors (Lipinski definition) is 4. The zero-order chi connectivity index (χ0) is 24.6. The Hall–Kier alpha value is -2.26. The molecule has 5 atom stereocenters. The summed E-state index contributed by atoms with van der Waals surface area (Å²) in [6, 6.07) is 3.75. The number of benzene rings is 1. The molecule has 0 aliphatic carbocycles. The summed E-state index contributed by atoms with van der Waals surface area (Å²) in [6.07, 6.45) is -2.16. The summed E-state index contributed by atoms with van der Waals surface area (Å²) < 4.78 is 7.07. The van der Waals surface area contributed by atoms with Crippen molar-refractivity contribution in [3.05, 3.63) is 40.4 Å². The molecule has 1 saturated heterocycles. The van der Waals surface area contributed by atoms with E-state index < -0.39 is 36.4 Å². The summed E-state index contributed by atoms with van der Waals surface area (Å²) in [5, 5.41) is 51.2. The number of carbonyl (C=O) groups is 1. The van der Waals surface area contributed by atoms with Crippen LogP contribution >= 0.6 is 34.7 Å². The van der Waals surface area contributed by atoms with Crippen LogP contribution in [-0.2, 0) is 4.74 Å². The number of thioether (sulfide) groups is 1. The molecule has 5 unspecified atom stereocenters. The van der Waals surface area contributed by atoms with Gasteiger partial charge in [-0.15, -0.1) is 5.10 Å². The lowest BCUT2D eigenvalue weighted by Crippen LogP contribution is -2.55. The SMILES string of the molecule is CN(C)C(=O)c1ccc(Cl)cc1SC1OC(CO)C(O)C(n2cc(-c3csc(O)n3)nn2)C1O. The van der Waals surface area contributed by atoms with Crippen molar-refractivity contribution in [3.8, 4) is 16.6 Å². The Bertz CT molecular complexity index is 1170. The maximum Gasteiger partial charge on any atom is 0.271 e. The third kappa shape index (κ3) is 4.91. The highest BCUT2D eigenvalue weighted by molar-refractivity contribution is 8.00. The third-order valence-electron chi connectivity index (χ3n) is 5.24. The van der Waals surface area contributed by atoms with E-state index in [0.717, 1.165) is 23.1 Å². The lowest BCUT2D eigenvalue weighted by molar-refractivity contribution is -0.178. The van der Waals surface area contributed by atoms with Crippen molar-refractivity contribution in [3.63, 3.8) is 0 Å². The number of aliphatic hydroxyl groups excluding tert-OH is 3. The zero-order valence-corrected chi connectivity index (χ0v) is 20.4. The van der Waals surface area contributed by atoms with Gasteiger partial charge in [0.1, 0.15) is 41.2 Å². The van der Waals surface area contributed by atoms with Gasteiger partial charge in [-0.3, -0.25) is 4.79 Å². The third-order valence-corrected chi connectivity index (χ3v) is 7.33.